The van der Waals surface area contributed by atoms with Crippen molar-refractivity contribution in [3.05, 3.63) is 35.4 Å². The number of aliphatic hydroxyl groups is 2. The highest BCUT2D eigenvalue weighted by Gasteiger charge is 2.27. The predicted octanol–water partition coefficient (Wildman–Crippen LogP) is 1.24. The summed E-state index contributed by atoms with van der Waals surface area (Å²) in [6, 6.07) is 7.37. The van der Waals surface area contributed by atoms with Crippen LogP contribution in [0.5, 0.6) is 0 Å². The SMILES string of the molecule is CCOC(=O)C(O)C(O)c1cccc(CN2CCCC2)c1. The van der Waals surface area contributed by atoms with Gasteiger partial charge in [0, 0.05) is 6.54 Å². The van der Waals surface area contributed by atoms with Gasteiger partial charge in [0.1, 0.15) is 6.10 Å². The molecule has 0 spiro atoms. The van der Waals surface area contributed by atoms with Crippen LogP contribution in [0, 0.1) is 0 Å². The lowest BCUT2D eigenvalue weighted by Gasteiger charge is -2.19. The number of aliphatic hydroxyl groups excluding tert-OH is 2. The first-order valence-corrected chi connectivity index (χ1v) is 7.45. The third kappa shape index (κ3) is 4.27. The summed E-state index contributed by atoms with van der Waals surface area (Å²) in [5.74, 6) is -0.796. The van der Waals surface area contributed by atoms with Crippen molar-refractivity contribution in [3.63, 3.8) is 0 Å². The van der Waals surface area contributed by atoms with Crippen LogP contribution in [0.25, 0.3) is 0 Å². The minimum atomic E-state index is -1.55. The second kappa shape index (κ2) is 7.54. The Kier molecular flexibility index (Phi) is 5.73. The molecule has 0 aliphatic carbocycles. The average molecular weight is 293 g/mol. The van der Waals surface area contributed by atoms with Crippen LogP contribution in [0.2, 0.25) is 0 Å². The standard InChI is InChI=1S/C16H23NO4/c1-2-21-16(20)15(19)14(18)13-7-5-6-12(10-13)11-17-8-3-4-9-17/h5-7,10,14-15,18-19H,2-4,8-9,11H2,1H3. The van der Waals surface area contributed by atoms with Crippen LogP contribution < -0.4 is 0 Å². The van der Waals surface area contributed by atoms with Gasteiger partial charge in [-0.1, -0.05) is 24.3 Å². The van der Waals surface area contributed by atoms with Crippen molar-refractivity contribution in [2.24, 2.45) is 0 Å². The van der Waals surface area contributed by atoms with E-state index in [4.69, 9.17) is 4.74 Å². The van der Waals surface area contributed by atoms with Crippen LogP contribution in [0.1, 0.15) is 37.0 Å². The summed E-state index contributed by atoms with van der Waals surface area (Å²) in [6.07, 6.45) is -0.358. The zero-order chi connectivity index (χ0) is 15.2. The molecule has 0 saturated carbocycles. The molecule has 2 atom stereocenters. The van der Waals surface area contributed by atoms with Crippen LogP contribution in [0.4, 0.5) is 0 Å². The van der Waals surface area contributed by atoms with E-state index in [1.165, 1.54) is 12.8 Å². The van der Waals surface area contributed by atoms with E-state index in [1.807, 2.05) is 18.2 Å². The van der Waals surface area contributed by atoms with Gasteiger partial charge in [0.15, 0.2) is 6.10 Å². The Morgan fingerprint density at radius 2 is 2.05 bits per heavy atom. The molecule has 2 N–H and O–H groups in total. The average Bonchev–Trinajstić information content (AvgIpc) is 2.99. The number of carbonyl (C=O) groups is 1. The van der Waals surface area contributed by atoms with Gasteiger partial charge in [-0.3, -0.25) is 4.90 Å². The molecule has 0 aromatic heterocycles. The predicted molar refractivity (Wildman–Crippen MR) is 78.6 cm³/mol. The minimum Gasteiger partial charge on any atom is -0.464 e. The molecule has 1 aliphatic heterocycles. The molecule has 1 heterocycles. The summed E-state index contributed by atoms with van der Waals surface area (Å²) in [4.78, 5) is 13.8. The maximum Gasteiger partial charge on any atom is 0.338 e. The Bertz CT molecular complexity index is 471. The number of rotatable bonds is 6. The van der Waals surface area contributed by atoms with E-state index < -0.39 is 18.2 Å². The number of esters is 1. The fourth-order valence-corrected chi connectivity index (χ4v) is 2.61. The quantitative estimate of drug-likeness (QED) is 0.772. The number of hydrogen-bond donors (Lipinski definition) is 2. The fraction of sp³-hybridized carbons (Fsp3) is 0.562. The number of benzene rings is 1. The first-order chi connectivity index (χ1) is 10.1. The summed E-state index contributed by atoms with van der Waals surface area (Å²) in [5, 5.41) is 19.9. The molecule has 2 unspecified atom stereocenters. The van der Waals surface area contributed by atoms with Gasteiger partial charge in [0.05, 0.1) is 6.61 Å². The largest absolute Gasteiger partial charge is 0.464 e. The number of carbonyl (C=O) groups excluding carboxylic acids is 1. The molecule has 1 fully saturated rings. The second-order valence-corrected chi connectivity index (χ2v) is 5.37. The highest BCUT2D eigenvalue weighted by Crippen LogP contribution is 2.21. The lowest BCUT2D eigenvalue weighted by Crippen LogP contribution is -2.30. The van der Waals surface area contributed by atoms with Crippen molar-refractivity contribution in [3.8, 4) is 0 Å². The summed E-state index contributed by atoms with van der Waals surface area (Å²) in [6.45, 7) is 4.86. The van der Waals surface area contributed by atoms with E-state index in [1.54, 1.807) is 13.0 Å². The Morgan fingerprint density at radius 1 is 1.33 bits per heavy atom. The Balaban J connectivity index is 2.03. The molecule has 0 bridgehead atoms. The minimum absolute atomic E-state index is 0.178. The normalized spacial score (nSPS) is 18.4. The molecule has 21 heavy (non-hydrogen) atoms. The molecule has 2 rings (SSSR count). The van der Waals surface area contributed by atoms with Crippen molar-refractivity contribution >= 4 is 5.97 Å². The smallest absolute Gasteiger partial charge is 0.338 e. The van der Waals surface area contributed by atoms with Crippen molar-refractivity contribution in [1.29, 1.82) is 0 Å². The lowest BCUT2D eigenvalue weighted by molar-refractivity contribution is -0.159. The first-order valence-electron chi connectivity index (χ1n) is 7.45. The van der Waals surface area contributed by atoms with Gasteiger partial charge in [-0.25, -0.2) is 4.79 Å². The van der Waals surface area contributed by atoms with Gasteiger partial charge in [0.25, 0.3) is 0 Å². The zero-order valence-electron chi connectivity index (χ0n) is 12.4. The molecular weight excluding hydrogens is 270 g/mol. The van der Waals surface area contributed by atoms with Crippen LogP contribution >= 0.6 is 0 Å². The number of ether oxygens (including phenoxy) is 1. The van der Waals surface area contributed by atoms with Crippen LogP contribution in [-0.4, -0.2) is 46.9 Å². The molecule has 1 aliphatic rings. The zero-order valence-corrected chi connectivity index (χ0v) is 12.4. The van der Waals surface area contributed by atoms with Gasteiger partial charge >= 0.3 is 5.97 Å². The van der Waals surface area contributed by atoms with Crippen molar-refractivity contribution in [2.45, 2.75) is 38.5 Å². The molecule has 1 aromatic carbocycles. The molecule has 5 nitrogen and oxygen atoms in total. The van der Waals surface area contributed by atoms with E-state index in [9.17, 15) is 15.0 Å². The van der Waals surface area contributed by atoms with Gasteiger partial charge < -0.3 is 14.9 Å². The van der Waals surface area contributed by atoms with Crippen LogP contribution in [0.3, 0.4) is 0 Å². The maximum absolute atomic E-state index is 11.5. The third-order valence-corrected chi connectivity index (χ3v) is 3.72. The van der Waals surface area contributed by atoms with E-state index in [2.05, 4.69) is 4.90 Å². The third-order valence-electron chi connectivity index (χ3n) is 3.72. The number of hydrogen-bond acceptors (Lipinski definition) is 5. The summed E-state index contributed by atoms with van der Waals surface area (Å²) in [5.41, 5.74) is 1.61. The highest BCUT2D eigenvalue weighted by molar-refractivity contribution is 5.75. The van der Waals surface area contributed by atoms with E-state index in [-0.39, 0.29) is 6.61 Å². The molecular formula is C16H23NO4. The Labute approximate surface area is 125 Å². The first kappa shape index (κ1) is 15.9. The summed E-state index contributed by atoms with van der Waals surface area (Å²) >= 11 is 0. The number of nitrogens with zero attached hydrogens (tertiary/aromatic N) is 1. The molecule has 0 radical (unpaired) electrons. The van der Waals surface area contributed by atoms with E-state index >= 15 is 0 Å². The number of likely N-dealkylation sites (tertiary alicyclic amines) is 1. The van der Waals surface area contributed by atoms with Gasteiger partial charge in [-0.15, -0.1) is 0 Å². The second-order valence-electron chi connectivity index (χ2n) is 5.37. The van der Waals surface area contributed by atoms with Crippen molar-refractivity contribution in [1.82, 2.24) is 4.90 Å². The topological polar surface area (TPSA) is 70.0 Å². The Morgan fingerprint density at radius 3 is 2.71 bits per heavy atom. The van der Waals surface area contributed by atoms with Gasteiger partial charge in [-0.05, 0) is 44.0 Å². The molecule has 1 aromatic rings. The van der Waals surface area contributed by atoms with Crippen LogP contribution in [0.15, 0.2) is 24.3 Å². The van der Waals surface area contributed by atoms with Crippen molar-refractivity contribution in [2.75, 3.05) is 19.7 Å². The Hall–Kier alpha value is -1.43. The summed E-state index contributed by atoms with van der Waals surface area (Å²) < 4.78 is 4.73. The molecule has 0 amide bonds. The van der Waals surface area contributed by atoms with Crippen LogP contribution in [-0.2, 0) is 16.1 Å². The maximum atomic E-state index is 11.5. The highest BCUT2D eigenvalue weighted by atomic mass is 16.5. The monoisotopic (exact) mass is 293 g/mol. The fourth-order valence-electron chi connectivity index (χ4n) is 2.61. The van der Waals surface area contributed by atoms with E-state index in [0.29, 0.717) is 5.56 Å². The molecule has 5 heteroatoms. The van der Waals surface area contributed by atoms with E-state index in [0.717, 1.165) is 25.2 Å². The molecule has 116 valence electrons. The van der Waals surface area contributed by atoms with Gasteiger partial charge in [-0.2, -0.15) is 0 Å². The van der Waals surface area contributed by atoms with Crippen molar-refractivity contribution < 1.29 is 19.7 Å². The lowest BCUT2D eigenvalue weighted by atomic mass is 10.0. The van der Waals surface area contributed by atoms with Gasteiger partial charge in [0.2, 0.25) is 0 Å². The summed E-state index contributed by atoms with van der Waals surface area (Å²) in [7, 11) is 0. The molecule has 1 saturated heterocycles.